The number of nitrogens with one attached hydrogen (secondary N) is 1. The summed E-state index contributed by atoms with van der Waals surface area (Å²) >= 11 is 1.15. The summed E-state index contributed by atoms with van der Waals surface area (Å²) in [5, 5.41) is 2.96. The highest BCUT2D eigenvalue weighted by molar-refractivity contribution is 7.00. The van der Waals surface area contributed by atoms with Crippen LogP contribution >= 0.6 is 11.7 Å². The first-order valence-corrected chi connectivity index (χ1v) is 8.92. The van der Waals surface area contributed by atoms with Crippen LogP contribution in [0.1, 0.15) is 0 Å². The summed E-state index contributed by atoms with van der Waals surface area (Å²) in [7, 11) is 0. The van der Waals surface area contributed by atoms with Crippen LogP contribution in [0.15, 0.2) is 42.6 Å². The largest absolute Gasteiger partial charge is 0.354 e. The van der Waals surface area contributed by atoms with Gasteiger partial charge in [-0.05, 0) is 24.3 Å². The van der Waals surface area contributed by atoms with Gasteiger partial charge in [-0.25, -0.2) is 4.98 Å². The minimum atomic E-state index is -0.0215. The molecule has 1 saturated heterocycles. The molecule has 1 amide bonds. The Morgan fingerprint density at radius 3 is 2.76 bits per heavy atom. The van der Waals surface area contributed by atoms with Crippen LogP contribution in [-0.4, -0.2) is 57.3 Å². The standard InChI is InChI=1S/C17H18N6OS/c24-16(19-13-4-3-5-14-17(13)21-25-20-14)12-22-8-10-23(11-9-22)15-6-1-2-7-18-15/h1-7H,8-12H2,(H,19,24). The monoisotopic (exact) mass is 354 g/mol. The molecule has 128 valence electrons. The van der Waals surface area contributed by atoms with Crippen LogP contribution in [0.25, 0.3) is 11.0 Å². The zero-order valence-electron chi connectivity index (χ0n) is 13.6. The van der Waals surface area contributed by atoms with Gasteiger partial charge in [0.15, 0.2) is 0 Å². The molecule has 0 radical (unpaired) electrons. The molecule has 0 saturated carbocycles. The first-order chi connectivity index (χ1) is 12.3. The van der Waals surface area contributed by atoms with Gasteiger partial charge in [0.2, 0.25) is 5.91 Å². The van der Waals surface area contributed by atoms with Crippen LogP contribution in [0, 0.1) is 0 Å². The summed E-state index contributed by atoms with van der Waals surface area (Å²) in [5.74, 6) is 0.973. The molecule has 1 aliphatic rings. The van der Waals surface area contributed by atoms with E-state index in [4.69, 9.17) is 0 Å². The van der Waals surface area contributed by atoms with E-state index in [0.29, 0.717) is 6.54 Å². The van der Waals surface area contributed by atoms with Crippen LogP contribution in [0.2, 0.25) is 0 Å². The zero-order valence-corrected chi connectivity index (χ0v) is 14.4. The number of nitrogens with zero attached hydrogens (tertiary/aromatic N) is 5. The number of aromatic nitrogens is 3. The van der Waals surface area contributed by atoms with Crippen LogP contribution < -0.4 is 10.2 Å². The molecule has 25 heavy (non-hydrogen) atoms. The number of rotatable bonds is 4. The molecule has 0 atom stereocenters. The SMILES string of the molecule is O=C(CN1CCN(c2ccccn2)CC1)Nc1cccc2nsnc12. The fourth-order valence-electron chi connectivity index (χ4n) is 2.98. The number of benzene rings is 1. The average molecular weight is 354 g/mol. The third kappa shape index (κ3) is 3.59. The van der Waals surface area contributed by atoms with Crippen LogP contribution in [0.5, 0.6) is 0 Å². The van der Waals surface area contributed by atoms with E-state index in [-0.39, 0.29) is 5.91 Å². The number of anilines is 2. The van der Waals surface area contributed by atoms with E-state index in [9.17, 15) is 4.79 Å². The number of fused-ring (bicyclic) bond motifs is 1. The van der Waals surface area contributed by atoms with Crippen molar-refractivity contribution >= 4 is 40.2 Å². The number of carbonyl (C=O) groups is 1. The van der Waals surface area contributed by atoms with Crippen molar-refractivity contribution in [3.05, 3.63) is 42.6 Å². The molecule has 1 N–H and O–H groups in total. The van der Waals surface area contributed by atoms with Crippen LogP contribution in [0.3, 0.4) is 0 Å². The van der Waals surface area contributed by atoms with Crippen molar-refractivity contribution in [2.45, 2.75) is 0 Å². The van der Waals surface area contributed by atoms with E-state index in [2.05, 4.69) is 28.8 Å². The predicted molar refractivity (Wildman–Crippen MR) is 98.9 cm³/mol. The normalized spacial score (nSPS) is 15.4. The van der Waals surface area contributed by atoms with Crippen molar-refractivity contribution in [2.24, 2.45) is 0 Å². The third-order valence-corrected chi connectivity index (χ3v) is 4.82. The highest BCUT2D eigenvalue weighted by atomic mass is 32.1. The maximum absolute atomic E-state index is 12.4. The first-order valence-electron chi connectivity index (χ1n) is 8.19. The fraction of sp³-hybridized carbons (Fsp3) is 0.294. The molecule has 8 heteroatoms. The third-order valence-electron chi connectivity index (χ3n) is 4.27. The Bertz CT molecular complexity index is 860. The number of piperazine rings is 1. The summed E-state index contributed by atoms with van der Waals surface area (Å²) in [6.45, 7) is 3.80. The second kappa shape index (κ2) is 7.12. The minimum Gasteiger partial charge on any atom is -0.354 e. The lowest BCUT2D eigenvalue weighted by Gasteiger charge is -2.34. The molecule has 2 aromatic heterocycles. The molecule has 7 nitrogen and oxygen atoms in total. The molecule has 1 aliphatic heterocycles. The van der Waals surface area contributed by atoms with E-state index >= 15 is 0 Å². The van der Waals surface area contributed by atoms with Crippen molar-refractivity contribution < 1.29 is 4.79 Å². The van der Waals surface area contributed by atoms with E-state index in [1.54, 1.807) is 0 Å². The smallest absolute Gasteiger partial charge is 0.238 e. The molecule has 3 heterocycles. The second-order valence-corrected chi connectivity index (χ2v) is 6.47. The quantitative estimate of drug-likeness (QED) is 0.771. The maximum atomic E-state index is 12.4. The summed E-state index contributed by atoms with van der Waals surface area (Å²) < 4.78 is 8.45. The second-order valence-electron chi connectivity index (χ2n) is 5.94. The van der Waals surface area contributed by atoms with E-state index in [0.717, 1.165) is 60.4 Å². The van der Waals surface area contributed by atoms with E-state index in [1.165, 1.54) is 0 Å². The molecule has 1 aromatic carbocycles. The summed E-state index contributed by atoms with van der Waals surface area (Å²) in [4.78, 5) is 21.2. The van der Waals surface area contributed by atoms with Gasteiger partial charge in [-0.2, -0.15) is 8.75 Å². The Labute approximate surface area is 149 Å². The molecule has 4 rings (SSSR count). The number of pyridine rings is 1. The van der Waals surface area contributed by atoms with Gasteiger partial charge in [0.25, 0.3) is 0 Å². The number of hydrogen-bond acceptors (Lipinski definition) is 7. The van der Waals surface area contributed by atoms with Gasteiger partial charge in [0.05, 0.1) is 24.0 Å². The lowest BCUT2D eigenvalue weighted by molar-refractivity contribution is -0.117. The van der Waals surface area contributed by atoms with Crippen molar-refractivity contribution in [3.8, 4) is 0 Å². The topological polar surface area (TPSA) is 74.2 Å². The van der Waals surface area contributed by atoms with Crippen molar-refractivity contribution in [1.29, 1.82) is 0 Å². The minimum absolute atomic E-state index is 0.0215. The predicted octanol–water partition coefficient (Wildman–Crippen LogP) is 1.85. The highest BCUT2D eigenvalue weighted by Crippen LogP contribution is 2.21. The Morgan fingerprint density at radius 2 is 1.96 bits per heavy atom. The Kier molecular flexibility index (Phi) is 4.53. The Morgan fingerprint density at radius 1 is 1.08 bits per heavy atom. The summed E-state index contributed by atoms with van der Waals surface area (Å²) in [6.07, 6.45) is 1.81. The van der Waals surface area contributed by atoms with Gasteiger partial charge < -0.3 is 10.2 Å². The van der Waals surface area contributed by atoms with E-state index in [1.807, 2.05) is 42.6 Å². The van der Waals surface area contributed by atoms with Gasteiger partial charge in [0, 0.05) is 32.4 Å². The first kappa shape index (κ1) is 15.9. The molecule has 0 bridgehead atoms. The van der Waals surface area contributed by atoms with Crippen LogP contribution in [0.4, 0.5) is 11.5 Å². The van der Waals surface area contributed by atoms with Crippen molar-refractivity contribution in [1.82, 2.24) is 18.6 Å². The summed E-state index contributed by atoms with van der Waals surface area (Å²) in [5.41, 5.74) is 2.29. The van der Waals surface area contributed by atoms with Gasteiger partial charge in [-0.3, -0.25) is 9.69 Å². The number of hydrogen-bond donors (Lipinski definition) is 1. The molecule has 3 aromatic rings. The van der Waals surface area contributed by atoms with Gasteiger partial charge >= 0.3 is 0 Å². The van der Waals surface area contributed by atoms with Gasteiger partial charge in [-0.15, -0.1) is 0 Å². The molecular formula is C17H18N6OS. The molecule has 1 fully saturated rings. The van der Waals surface area contributed by atoms with Crippen molar-refractivity contribution in [2.75, 3.05) is 42.9 Å². The van der Waals surface area contributed by atoms with Gasteiger partial charge in [0.1, 0.15) is 16.9 Å². The molecule has 0 aliphatic carbocycles. The fourth-order valence-corrected chi connectivity index (χ4v) is 3.53. The molecule has 0 spiro atoms. The lowest BCUT2D eigenvalue weighted by Crippen LogP contribution is -2.48. The number of carbonyl (C=O) groups excluding carboxylic acids is 1. The Hall–Kier alpha value is -2.58. The molecule has 0 unspecified atom stereocenters. The highest BCUT2D eigenvalue weighted by Gasteiger charge is 2.20. The number of amides is 1. The lowest BCUT2D eigenvalue weighted by atomic mass is 10.2. The maximum Gasteiger partial charge on any atom is 0.238 e. The van der Waals surface area contributed by atoms with E-state index < -0.39 is 0 Å². The molecular weight excluding hydrogens is 336 g/mol. The average Bonchev–Trinajstić information content (AvgIpc) is 3.13. The van der Waals surface area contributed by atoms with Crippen LogP contribution in [-0.2, 0) is 4.79 Å². The van der Waals surface area contributed by atoms with Gasteiger partial charge in [-0.1, -0.05) is 12.1 Å². The van der Waals surface area contributed by atoms with Crippen molar-refractivity contribution in [3.63, 3.8) is 0 Å². The summed E-state index contributed by atoms with van der Waals surface area (Å²) in [6, 6.07) is 11.6. The Balaban J connectivity index is 1.33. The zero-order chi connectivity index (χ0) is 17.1.